The SMILES string of the molecule is CCNc1nc(-c2cc(C(C)O)ccn2)c(-c2ccnc(Cl)n2)s1. The molecule has 1 unspecified atom stereocenters. The van der Waals surface area contributed by atoms with Crippen LogP contribution >= 0.6 is 22.9 Å². The first kappa shape index (κ1) is 16.8. The van der Waals surface area contributed by atoms with E-state index in [1.54, 1.807) is 31.5 Å². The quantitative estimate of drug-likeness (QED) is 0.672. The Balaban J connectivity index is 2.14. The van der Waals surface area contributed by atoms with Crippen molar-refractivity contribution >= 4 is 28.1 Å². The monoisotopic (exact) mass is 361 g/mol. The largest absolute Gasteiger partial charge is 0.389 e. The normalized spacial score (nSPS) is 12.2. The van der Waals surface area contributed by atoms with Gasteiger partial charge in [0.05, 0.1) is 22.4 Å². The molecule has 0 saturated carbocycles. The van der Waals surface area contributed by atoms with Crippen LogP contribution in [0.15, 0.2) is 30.6 Å². The average molecular weight is 362 g/mol. The molecule has 3 aromatic heterocycles. The van der Waals surface area contributed by atoms with Crippen molar-refractivity contribution in [1.29, 1.82) is 0 Å². The van der Waals surface area contributed by atoms with Crippen LogP contribution in [0.2, 0.25) is 5.28 Å². The number of hydrogen-bond acceptors (Lipinski definition) is 7. The van der Waals surface area contributed by atoms with Crippen LogP contribution in [-0.2, 0) is 0 Å². The van der Waals surface area contributed by atoms with E-state index in [1.165, 1.54) is 11.3 Å². The van der Waals surface area contributed by atoms with Crippen molar-refractivity contribution in [2.24, 2.45) is 0 Å². The number of aliphatic hydroxyl groups excluding tert-OH is 1. The predicted octanol–water partition coefficient (Wildman–Crippen LogP) is 3.80. The van der Waals surface area contributed by atoms with Crippen molar-refractivity contribution in [3.05, 3.63) is 41.4 Å². The maximum Gasteiger partial charge on any atom is 0.222 e. The number of anilines is 1. The van der Waals surface area contributed by atoms with E-state index in [4.69, 9.17) is 11.6 Å². The fraction of sp³-hybridized carbons (Fsp3) is 0.250. The van der Waals surface area contributed by atoms with Gasteiger partial charge in [0.2, 0.25) is 5.28 Å². The predicted molar refractivity (Wildman–Crippen MR) is 96.2 cm³/mol. The highest BCUT2D eigenvalue weighted by Gasteiger charge is 2.18. The number of rotatable bonds is 5. The van der Waals surface area contributed by atoms with Crippen LogP contribution in [0, 0.1) is 0 Å². The summed E-state index contributed by atoms with van der Waals surface area (Å²) in [7, 11) is 0. The highest BCUT2D eigenvalue weighted by atomic mass is 35.5. The molecule has 0 spiro atoms. The topological polar surface area (TPSA) is 83.8 Å². The second-order valence-electron chi connectivity index (χ2n) is 5.09. The maximum atomic E-state index is 9.81. The molecule has 3 aromatic rings. The van der Waals surface area contributed by atoms with E-state index in [-0.39, 0.29) is 5.28 Å². The molecule has 0 radical (unpaired) electrons. The molecule has 0 fully saturated rings. The Kier molecular flexibility index (Phi) is 5.03. The molecule has 0 saturated heterocycles. The molecule has 8 heteroatoms. The zero-order chi connectivity index (χ0) is 17.1. The first-order valence-electron chi connectivity index (χ1n) is 7.46. The van der Waals surface area contributed by atoms with Crippen molar-refractivity contribution in [2.45, 2.75) is 20.0 Å². The number of halogens is 1. The molecule has 0 amide bonds. The molecule has 0 aliphatic carbocycles. The molecule has 3 heterocycles. The molecular weight excluding hydrogens is 346 g/mol. The smallest absolute Gasteiger partial charge is 0.222 e. The standard InChI is InChI=1S/C16H16ClN5OS/c1-3-18-16-22-13(12-8-10(9(2)23)4-6-19-12)14(24-16)11-5-7-20-15(17)21-11/h4-9,23H,3H2,1-2H3,(H,18,22). The Bertz CT molecular complexity index is 852. The van der Waals surface area contributed by atoms with E-state index < -0.39 is 6.10 Å². The zero-order valence-corrected chi connectivity index (χ0v) is 14.8. The highest BCUT2D eigenvalue weighted by molar-refractivity contribution is 7.19. The van der Waals surface area contributed by atoms with Gasteiger partial charge in [-0.25, -0.2) is 15.0 Å². The molecular formula is C16H16ClN5OS. The molecule has 1 atom stereocenters. The lowest BCUT2D eigenvalue weighted by molar-refractivity contribution is 0.199. The Morgan fingerprint density at radius 2 is 2.00 bits per heavy atom. The lowest BCUT2D eigenvalue weighted by Gasteiger charge is -2.06. The second kappa shape index (κ2) is 7.21. The third kappa shape index (κ3) is 3.53. The van der Waals surface area contributed by atoms with Crippen molar-refractivity contribution in [1.82, 2.24) is 19.9 Å². The molecule has 24 heavy (non-hydrogen) atoms. The fourth-order valence-corrected chi connectivity index (χ4v) is 3.35. The molecule has 2 N–H and O–H groups in total. The van der Waals surface area contributed by atoms with Crippen molar-refractivity contribution < 1.29 is 5.11 Å². The zero-order valence-electron chi connectivity index (χ0n) is 13.2. The second-order valence-corrected chi connectivity index (χ2v) is 6.43. The van der Waals surface area contributed by atoms with Crippen LogP contribution in [0.5, 0.6) is 0 Å². The molecule has 0 bridgehead atoms. The molecule has 3 rings (SSSR count). The first-order chi connectivity index (χ1) is 11.6. The number of nitrogens with zero attached hydrogens (tertiary/aromatic N) is 4. The molecule has 6 nitrogen and oxygen atoms in total. The van der Waals surface area contributed by atoms with Gasteiger partial charge in [0.1, 0.15) is 5.69 Å². The third-order valence-corrected chi connectivity index (χ3v) is 4.54. The maximum absolute atomic E-state index is 9.81. The van der Waals surface area contributed by atoms with E-state index in [9.17, 15) is 5.11 Å². The minimum atomic E-state index is -0.574. The van der Waals surface area contributed by atoms with E-state index in [0.717, 1.165) is 22.1 Å². The van der Waals surface area contributed by atoms with Gasteiger partial charge >= 0.3 is 0 Å². The summed E-state index contributed by atoms with van der Waals surface area (Å²) in [5.41, 5.74) is 2.85. The lowest BCUT2D eigenvalue weighted by atomic mass is 10.1. The van der Waals surface area contributed by atoms with Crippen LogP contribution in [0.4, 0.5) is 5.13 Å². The Labute approximate surface area is 148 Å². The van der Waals surface area contributed by atoms with Crippen LogP contribution in [-0.4, -0.2) is 31.6 Å². The average Bonchev–Trinajstić information content (AvgIpc) is 2.99. The minimum Gasteiger partial charge on any atom is -0.389 e. The van der Waals surface area contributed by atoms with Gasteiger partial charge < -0.3 is 10.4 Å². The molecule has 0 aliphatic heterocycles. The molecule has 0 aromatic carbocycles. The van der Waals surface area contributed by atoms with Gasteiger partial charge in [-0.05, 0) is 49.2 Å². The summed E-state index contributed by atoms with van der Waals surface area (Å²) in [6.07, 6.45) is 2.71. The number of aromatic nitrogens is 4. The summed E-state index contributed by atoms with van der Waals surface area (Å²) in [4.78, 5) is 18.1. The molecule has 0 aliphatic rings. The third-order valence-electron chi connectivity index (χ3n) is 3.32. The van der Waals surface area contributed by atoms with Crippen LogP contribution < -0.4 is 5.32 Å². The van der Waals surface area contributed by atoms with Gasteiger partial charge in [-0.3, -0.25) is 4.98 Å². The van der Waals surface area contributed by atoms with Gasteiger partial charge in [-0.1, -0.05) is 11.3 Å². The molecule has 124 valence electrons. The van der Waals surface area contributed by atoms with Crippen LogP contribution in [0.25, 0.3) is 22.0 Å². The summed E-state index contributed by atoms with van der Waals surface area (Å²) < 4.78 is 0. The van der Waals surface area contributed by atoms with Crippen molar-refractivity contribution in [2.75, 3.05) is 11.9 Å². The van der Waals surface area contributed by atoms with Crippen LogP contribution in [0.1, 0.15) is 25.5 Å². The summed E-state index contributed by atoms with van der Waals surface area (Å²) in [5.74, 6) is 0. The number of hydrogen-bond donors (Lipinski definition) is 2. The van der Waals surface area contributed by atoms with E-state index in [1.807, 2.05) is 13.0 Å². The Morgan fingerprint density at radius 3 is 2.71 bits per heavy atom. The van der Waals surface area contributed by atoms with Gasteiger partial charge in [0.15, 0.2) is 5.13 Å². The summed E-state index contributed by atoms with van der Waals surface area (Å²) in [6, 6.07) is 5.41. The Hall–Kier alpha value is -2.09. The van der Waals surface area contributed by atoms with Crippen LogP contribution in [0.3, 0.4) is 0 Å². The van der Waals surface area contributed by atoms with E-state index in [2.05, 4.69) is 25.3 Å². The van der Waals surface area contributed by atoms with Gasteiger partial charge in [0, 0.05) is 18.9 Å². The summed E-state index contributed by atoms with van der Waals surface area (Å²) in [6.45, 7) is 4.49. The number of nitrogens with one attached hydrogen (secondary N) is 1. The van der Waals surface area contributed by atoms with Crippen molar-refractivity contribution in [3.8, 4) is 22.0 Å². The van der Waals surface area contributed by atoms with Gasteiger partial charge in [-0.15, -0.1) is 0 Å². The number of pyridine rings is 1. The van der Waals surface area contributed by atoms with Gasteiger partial charge in [0.25, 0.3) is 0 Å². The number of aliphatic hydroxyl groups is 1. The van der Waals surface area contributed by atoms with E-state index in [0.29, 0.717) is 17.1 Å². The Morgan fingerprint density at radius 1 is 1.21 bits per heavy atom. The summed E-state index contributed by atoms with van der Waals surface area (Å²) in [5, 5.41) is 14.0. The minimum absolute atomic E-state index is 0.183. The summed E-state index contributed by atoms with van der Waals surface area (Å²) >= 11 is 7.41. The fourth-order valence-electron chi connectivity index (χ4n) is 2.19. The van der Waals surface area contributed by atoms with Crippen molar-refractivity contribution in [3.63, 3.8) is 0 Å². The van der Waals surface area contributed by atoms with Gasteiger partial charge in [-0.2, -0.15) is 0 Å². The first-order valence-corrected chi connectivity index (χ1v) is 8.66. The lowest BCUT2D eigenvalue weighted by Crippen LogP contribution is -1.96. The highest BCUT2D eigenvalue weighted by Crippen LogP contribution is 2.38. The van der Waals surface area contributed by atoms with E-state index >= 15 is 0 Å². The number of thiazole rings is 1.